The van der Waals surface area contributed by atoms with Gasteiger partial charge in [-0.25, -0.2) is 0 Å². The van der Waals surface area contributed by atoms with Crippen LogP contribution in [0.5, 0.6) is 0 Å². The van der Waals surface area contributed by atoms with Gasteiger partial charge in [0.1, 0.15) is 0 Å². The fourth-order valence-electron chi connectivity index (χ4n) is 2.50. The molecule has 1 aromatic rings. The quantitative estimate of drug-likeness (QED) is 0.860. The number of anilines is 2. The van der Waals surface area contributed by atoms with E-state index in [-0.39, 0.29) is 5.91 Å². The highest BCUT2D eigenvalue weighted by atomic mass is 16.2. The fourth-order valence-corrected chi connectivity index (χ4v) is 2.50. The Morgan fingerprint density at radius 2 is 2.06 bits per heavy atom. The summed E-state index contributed by atoms with van der Waals surface area (Å²) < 4.78 is 0. The van der Waals surface area contributed by atoms with Gasteiger partial charge in [-0.2, -0.15) is 0 Å². The first kappa shape index (κ1) is 12.9. The third-order valence-corrected chi connectivity index (χ3v) is 3.73. The number of rotatable bonds is 2. The summed E-state index contributed by atoms with van der Waals surface area (Å²) in [6, 6.07) is 4.21. The Balaban J connectivity index is 2.57. The van der Waals surface area contributed by atoms with Crippen LogP contribution in [0.4, 0.5) is 11.4 Å². The molecule has 4 nitrogen and oxygen atoms in total. The maximum Gasteiger partial charge on any atom is 0.228 e. The number of benzene rings is 1. The second-order valence-electron chi connectivity index (χ2n) is 4.85. The summed E-state index contributed by atoms with van der Waals surface area (Å²) in [5.41, 5.74) is 10.2. The number of carbonyl (C=O) groups excluding carboxylic acids is 1. The van der Waals surface area contributed by atoms with E-state index >= 15 is 0 Å². The molecule has 2 rings (SSSR count). The molecule has 4 heteroatoms. The minimum absolute atomic E-state index is 0.171. The van der Waals surface area contributed by atoms with Crippen LogP contribution in [0.25, 0.3) is 0 Å². The molecule has 1 heterocycles. The summed E-state index contributed by atoms with van der Waals surface area (Å²) in [6.45, 7) is 6.28. The zero-order valence-electron chi connectivity index (χ0n) is 11.4. The molecule has 1 amide bonds. The van der Waals surface area contributed by atoms with Crippen molar-refractivity contribution in [1.29, 1.82) is 0 Å². The van der Waals surface area contributed by atoms with Crippen molar-refractivity contribution in [1.82, 2.24) is 0 Å². The lowest BCUT2D eigenvalue weighted by atomic mass is 10.1. The number of carbonyl (C=O) groups is 1. The summed E-state index contributed by atoms with van der Waals surface area (Å²) in [5, 5.41) is 0. The number of hydrogen-bond donors (Lipinski definition) is 1. The number of amides is 1. The Bertz CT molecular complexity index is 470. The van der Waals surface area contributed by atoms with Crippen molar-refractivity contribution in [3.05, 3.63) is 23.3 Å². The van der Waals surface area contributed by atoms with Crippen LogP contribution >= 0.6 is 0 Å². The third kappa shape index (κ3) is 2.08. The van der Waals surface area contributed by atoms with Gasteiger partial charge in [-0.15, -0.1) is 0 Å². The van der Waals surface area contributed by atoms with Gasteiger partial charge in [0, 0.05) is 33.1 Å². The predicted octanol–water partition coefficient (Wildman–Crippen LogP) is 1.44. The van der Waals surface area contributed by atoms with Crippen LogP contribution in [0.15, 0.2) is 12.1 Å². The summed E-state index contributed by atoms with van der Waals surface area (Å²) >= 11 is 0. The van der Waals surface area contributed by atoms with Crippen molar-refractivity contribution in [3.8, 4) is 0 Å². The van der Waals surface area contributed by atoms with Crippen molar-refractivity contribution in [2.24, 2.45) is 5.73 Å². The topological polar surface area (TPSA) is 49.6 Å². The average Bonchev–Trinajstić information content (AvgIpc) is 2.46. The molecule has 0 radical (unpaired) electrons. The Morgan fingerprint density at radius 3 is 2.72 bits per heavy atom. The lowest BCUT2D eigenvalue weighted by Gasteiger charge is -2.27. The standard InChI is InChI=1S/C14H21N3O/c1-10-4-5-12-14(11(10)2)16(3)13(18)6-8-17(12)9-7-15/h4-5H,6-9,15H2,1-3H3. The summed E-state index contributed by atoms with van der Waals surface area (Å²) in [6.07, 6.45) is 0.545. The monoisotopic (exact) mass is 247 g/mol. The van der Waals surface area contributed by atoms with E-state index in [2.05, 4.69) is 30.9 Å². The van der Waals surface area contributed by atoms with Crippen molar-refractivity contribution < 1.29 is 4.79 Å². The van der Waals surface area contributed by atoms with Gasteiger partial charge >= 0.3 is 0 Å². The highest BCUT2D eigenvalue weighted by Crippen LogP contribution is 2.36. The molecule has 0 bridgehead atoms. The van der Waals surface area contributed by atoms with Gasteiger partial charge in [-0.1, -0.05) is 6.07 Å². The Labute approximate surface area is 108 Å². The van der Waals surface area contributed by atoms with E-state index in [0.717, 1.165) is 24.5 Å². The van der Waals surface area contributed by atoms with Crippen LogP contribution in [-0.2, 0) is 4.79 Å². The number of nitrogens with zero attached hydrogens (tertiary/aromatic N) is 2. The van der Waals surface area contributed by atoms with Gasteiger partial charge in [0.2, 0.25) is 5.91 Å². The van der Waals surface area contributed by atoms with E-state index in [1.165, 1.54) is 11.1 Å². The molecule has 0 aromatic heterocycles. The zero-order chi connectivity index (χ0) is 13.3. The Morgan fingerprint density at radius 1 is 1.33 bits per heavy atom. The second kappa shape index (κ2) is 4.98. The molecule has 0 spiro atoms. The van der Waals surface area contributed by atoms with Crippen molar-refractivity contribution in [3.63, 3.8) is 0 Å². The summed E-state index contributed by atoms with van der Waals surface area (Å²) in [4.78, 5) is 16.1. The van der Waals surface area contributed by atoms with Crippen LogP contribution < -0.4 is 15.5 Å². The highest BCUT2D eigenvalue weighted by Gasteiger charge is 2.25. The van der Waals surface area contributed by atoms with Crippen LogP contribution in [0.1, 0.15) is 17.5 Å². The average molecular weight is 247 g/mol. The number of aryl methyl sites for hydroxylation is 1. The lowest BCUT2D eigenvalue weighted by molar-refractivity contribution is -0.118. The maximum absolute atomic E-state index is 12.1. The Hall–Kier alpha value is -1.55. The molecule has 1 aliphatic rings. The van der Waals surface area contributed by atoms with Gasteiger partial charge in [-0.05, 0) is 31.0 Å². The van der Waals surface area contributed by atoms with E-state index in [1.54, 1.807) is 4.90 Å². The molecule has 98 valence electrons. The zero-order valence-corrected chi connectivity index (χ0v) is 11.4. The van der Waals surface area contributed by atoms with Crippen molar-refractivity contribution in [2.45, 2.75) is 20.3 Å². The third-order valence-electron chi connectivity index (χ3n) is 3.73. The molecule has 0 fully saturated rings. The van der Waals surface area contributed by atoms with Gasteiger partial charge in [0.25, 0.3) is 0 Å². The van der Waals surface area contributed by atoms with Crippen molar-refractivity contribution in [2.75, 3.05) is 36.5 Å². The summed E-state index contributed by atoms with van der Waals surface area (Å²) in [5.74, 6) is 0.171. The molecule has 0 saturated heterocycles. The predicted molar refractivity (Wildman–Crippen MR) is 75.2 cm³/mol. The van der Waals surface area contributed by atoms with E-state index in [9.17, 15) is 4.79 Å². The van der Waals surface area contributed by atoms with Crippen LogP contribution in [0.2, 0.25) is 0 Å². The molecule has 18 heavy (non-hydrogen) atoms. The van der Waals surface area contributed by atoms with Gasteiger partial charge in [-0.3, -0.25) is 4.79 Å². The molecular formula is C14H21N3O. The molecule has 1 aromatic carbocycles. The van der Waals surface area contributed by atoms with Gasteiger partial charge in [0.05, 0.1) is 11.4 Å². The largest absolute Gasteiger partial charge is 0.368 e. The number of hydrogen-bond acceptors (Lipinski definition) is 3. The minimum Gasteiger partial charge on any atom is -0.368 e. The smallest absolute Gasteiger partial charge is 0.228 e. The molecule has 1 aliphatic heterocycles. The molecule has 2 N–H and O–H groups in total. The minimum atomic E-state index is 0.171. The molecule has 0 saturated carbocycles. The fraction of sp³-hybridized carbons (Fsp3) is 0.500. The maximum atomic E-state index is 12.1. The lowest BCUT2D eigenvalue weighted by Crippen LogP contribution is -2.30. The van der Waals surface area contributed by atoms with Gasteiger partial charge < -0.3 is 15.5 Å². The van der Waals surface area contributed by atoms with E-state index in [0.29, 0.717) is 13.0 Å². The molecular weight excluding hydrogens is 226 g/mol. The van der Waals surface area contributed by atoms with Crippen LogP contribution in [0, 0.1) is 13.8 Å². The number of fused-ring (bicyclic) bond motifs is 1. The first-order valence-corrected chi connectivity index (χ1v) is 6.38. The van der Waals surface area contributed by atoms with Crippen LogP contribution in [0.3, 0.4) is 0 Å². The van der Waals surface area contributed by atoms with Crippen molar-refractivity contribution >= 4 is 17.3 Å². The molecule has 0 atom stereocenters. The van der Waals surface area contributed by atoms with E-state index in [4.69, 9.17) is 5.73 Å². The molecule has 0 aliphatic carbocycles. The first-order valence-electron chi connectivity index (χ1n) is 6.38. The first-order chi connectivity index (χ1) is 8.56. The SMILES string of the molecule is Cc1ccc2c(c1C)N(C)C(=O)CCN2CCN. The second-order valence-corrected chi connectivity index (χ2v) is 4.85. The van der Waals surface area contributed by atoms with Crippen LogP contribution in [-0.4, -0.2) is 32.6 Å². The Kier molecular flexibility index (Phi) is 3.57. The summed E-state index contributed by atoms with van der Waals surface area (Å²) in [7, 11) is 1.86. The highest BCUT2D eigenvalue weighted by molar-refractivity contribution is 5.99. The normalized spacial score (nSPS) is 15.7. The molecule has 0 unspecified atom stereocenters. The number of nitrogens with two attached hydrogens (primary N) is 1. The van der Waals surface area contributed by atoms with Gasteiger partial charge in [0.15, 0.2) is 0 Å². The van der Waals surface area contributed by atoms with E-state index in [1.807, 2.05) is 7.05 Å². The van der Waals surface area contributed by atoms with E-state index < -0.39 is 0 Å².